The molecule has 1 amide bonds. The summed E-state index contributed by atoms with van der Waals surface area (Å²) in [5.41, 5.74) is 1.52. The van der Waals surface area contributed by atoms with Crippen molar-refractivity contribution in [3.63, 3.8) is 0 Å². The van der Waals surface area contributed by atoms with Crippen molar-refractivity contribution in [3.8, 4) is 5.75 Å². The maximum absolute atomic E-state index is 11.9. The van der Waals surface area contributed by atoms with E-state index >= 15 is 0 Å². The van der Waals surface area contributed by atoms with Crippen LogP contribution in [0.4, 0.5) is 0 Å². The van der Waals surface area contributed by atoms with Crippen molar-refractivity contribution in [1.82, 2.24) is 5.32 Å². The van der Waals surface area contributed by atoms with Gasteiger partial charge in [-0.05, 0) is 49.7 Å². The van der Waals surface area contributed by atoms with Gasteiger partial charge in [-0.25, -0.2) is 0 Å². The Morgan fingerprint density at radius 2 is 2.14 bits per heavy atom. The van der Waals surface area contributed by atoms with Crippen LogP contribution in [0.3, 0.4) is 0 Å². The lowest BCUT2D eigenvalue weighted by molar-refractivity contribution is -0.122. The fraction of sp³-hybridized carbons (Fsp3) is 0.611. The van der Waals surface area contributed by atoms with E-state index in [4.69, 9.17) is 4.74 Å². The molecule has 0 radical (unpaired) electrons. The molecule has 0 aliphatic heterocycles. The highest BCUT2D eigenvalue weighted by molar-refractivity contribution is 5.76. The Morgan fingerprint density at radius 3 is 2.81 bits per heavy atom. The molecule has 1 unspecified atom stereocenters. The van der Waals surface area contributed by atoms with Crippen molar-refractivity contribution in [3.05, 3.63) is 29.8 Å². The highest BCUT2D eigenvalue weighted by Gasteiger charge is 2.31. The standard InChI is InChI=1S/C18H27NO2/c1-14-7-4-5-8-16(14)21-12-6-9-17(20)19-15-10-11-18(2,3)13-15/h4-5,7-8,15H,6,9-13H2,1-3H3,(H,19,20). The van der Waals surface area contributed by atoms with E-state index in [0.29, 0.717) is 24.5 Å². The Labute approximate surface area is 128 Å². The number of para-hydroxylation sites is 1. The monoisotopic (exact) mass is 289 g/mol. The second-order valence-corrected chi connectivity index (χ2v) is 6.89. The quantitative estimate of drug-likeness (QED) is 0.808. The summed E-state index contributed by atoms with van der Waals surface area (Å²) in [7, 11) is 0. The second kappa shape index (κ2) is 6.97. The lowest BCUT2D eigenvalue weighted by Crippen LogP contribution is -2.33. The van der Waals surface area contributed by atoms with Gasteiger partial charge in [0, 0.05) is 12.5 Å². The van der Waals surface area contributed by atoms with E-state index in [1.165, 1.54) is 6.42 Å². The highest BCUT2D eigenvalue weighted by atomic mass is 16.5. The maximum Gasteiger partial charge on any atom is 0.220 e. The van der Waals surface area contributed by atoms with Crippen LogP contribution in [-0.4, -0.2) is 18.6 Å². The molecular formula is C18H27NO2. The van der Waals surface area contributed by atoms with Gasteiger partial charge in [-0.1, -0.05) is 32.0 Å². The summed E-state index contributed by atoms with van der Waals surface area (Å²) < 4.78 is 5.71. The van der Waals surface area contributed by atoms with E-state index in [2.05, 4.69) is 19.2 Å². The molecule has 0 saturated heterocycles. The average molecular weight is 289 g/mol. The van der Waals surface area contributed by atoms with Gasteiger partial charge in [0.25, 0.3) is 0 Å². The third kappa shape index (κ3) is 5.07. The SMILES string of the molecule is Cc1ccccc1OCCCC(=O)NC1CCC(C)(C)C1. The number of amides is 1. The highest BCUT2D eigenvalue weighted by Crippen LogP contribution is 2.36. The smallest absolute Gasteiger partial charge is 0.220 e. The van der Waals surface area contributed by atoms with Crippen LogP contribution in [0, 0.1) is 12.3 Å². The predicted octanol–water partition coefficient (Wildman–Crippen LogP) is 3.85. The zero-order chi connectivity index (χ0) is 15.3. The van der Waals surface area contributed by atoms with Crippen molar-refractivity contribution < 1.29 is 9.53 Å². The van der Waals surface area contributed by atoms with E-state index in [-0.39, 0.29) is 5.91 Å². The van der Waals surface area contributed by atoms with Crippen LogP contribution < -0.4 is 10.1 Å². The number of carbonyl (C=O) groups is 1. The molecule has 0 heterocycles. The molecule has 1 fully saturated rings. The van der Waals surface area contributed by atoms with E-state index in [1.54, 1.807) is 0 Å². The number of ether oxygens (including phenoxy) is 1. The average Bonchev–Trinajstić information content (AvgIpc) is 2.76. The summed E-state index contributed by atoms with van der Waals surface area (Å²) in [5, 5.41) is 3.15. The molecule has 0 aromatic heterocycles. The molecule has 3 heteroatoms. The molecule has 3 nitrogen and oxygen atoms in total. The zero-order valence-corrected chi connectivity index (χ0v) is 13.4. The minimum Gasteiger partial charge on any atom is -0.493 e. The molecule has 1 aliphatic rings. The molecule has 1 atom stereocenters. The third-order valence-electron chi connectivity index (χ3n) is 4.23. The molecule has 1 aromatic carbocycles. The molecule has 1 saturated carbocycles. The lowest BCUT2D eigenvalue weighted by Gasteiger charge is -2.17. The van der Waals surface area contributed by atoms with Gasteiger partial charge in [0.2, 0.25) is 5.91 Å². The Kier molecular flexibility index (Phi) is 5.27. The van der Waals surface area contributed by atoms with E-state index in [9.17, 15) is 4.79 Å². The summed E-state index contributed by atoms with van der Waals surface area (Å²) in [6.07, 6.45) is 4.71. The fourth-order valence-corrected chi connectivity index (χ4v) is 2.99. The topological polar surface area (TPSA) is 38.3 Å². The molecule has 0 bridgehead atoms. The molecule has 1 aromatic rings. The van der Waals surface area contributed by atoms with E-state index in [1.807, 2.05) is 31.2 Å². The van der Waals surface area contributed by atoms with Crippen molar-refractivity contribution in [2.75, 3.05) is 6.61 Å². The molecule has 1 N–H and O–H groups in total. The number of hydrogen-bond acceptors (Lipinski definition) is 2. The van der Waals surface area contributed by atoms with Crippen LogP contribution in [0.15, 0.2) is 24.3 Å². The summed E-state index contributed by atoms with van der Waals surface area (Å²) in [6.45, 7) is 7.17. The summed E-state index contributed by atoms with van der Waals surface area (Å²) in [5.74, 6) is 1.07. The van der Waals surface area contributed by atoms with Gasteiger partial charge in [-0.2, -0.15) is 0 Å². The Bertz CT molecular complexity index is 482. The normalized spacial score (nSPS) is 20.2. The first kappa shape index (κ1) is 15.9. The van der Waals surface area contributed by atoms with Gasteiger partial charge in [0.05, 0.1) is 6.61 Å². The van der Waals surface area contributed by atoms with Crippen LogP contribution in [0.5, 0.6) is 5.75 Å². The molecular weight excluding hydrogens is 262 g/mol. The number of carbonyl (C=O) groups excluding carboxylic acids is 1. The van der Waals surface area contributed by atoms with Crippen molar-refractivity contribution in [2.45, 2.75) is 58.9 Å². The van der Waals surface area contributed by atoms with Crippen LogP contribution in [-0.2, 0) is 4.79 Å². The van der Waals surface area contributed by atoms with Crippen LogP contribution in [0.25, 0.3) is 0 Å². The number of hydrogen-bond donors (Lipinski definition) is 1. The van der Waals surface area contributed by atoms with Crippen LogP contribution >= 0.6 is 0 Å². The summed E-state index contributed by atoms with van der Waals surface area (Å²) in [6, 6.07) is 8.33. The van der Waals surface area contributed by atoms with Gasteiger partial charge >= 0.3 is 0 Å². The van der Waals surface area contributed by atoms with Crippen molar-refractivity contribution in [1.29, 1.82) is 0 Å². The molecule has 116 valence electrons. The van der Waals surface area contributed by atoms with Gasteiger partial charge in [-0.15, -0.1) is 0 Å². The minimum absolute atomic E-state index is 0.158. The third-order valence-corrected chi connectivity index (χ3v) is 4.23. The first-order valence-electron chi connectivity index (χ1n) is 7.94. The first-order valence-corrected chi connectivity index (χ1v) is 7.94. The molecule has 0 spiro atoms. The van der Waals surface area contributed by atoms with E-state index in [0.717, 1.165) is 30.6 Å². The maximum atomic E-state index is 11.9. The van der Waals surface area contributed by atoms with Crippen molar-refractivity contribution >= 4 is 5.91 Å². The summed E-state index contributed by atoms with van der Waals surface area (Å²) >= 11 is 0. The van der Waals surface area contributed by atoms with Gasteiger partial charge in [-0.3, -0.25) is 4.79 Å². The number of rotatable bonds is 6. The fourth-order valence-electron chi connectivity index (χ4n) is 2.99. The van der Waals surface area contributed by atoms with Gasteiger partial charge < -0.3 is 10.1 Å². The molecule has 21 heavy (non-hydrogen) atoms. The number of nitrogens with one attached hydrogen (secondary N) is 1. The number of benzene rings is 1. The number of aryl methyl sites for hydroxylation is 1. The summed E-state index contributed by atoms with van der Waals surface area (Å²) in [4.78, 5) is 11.9. The Hall–Kier alpha value is -1.51. The zero-order valence-electron chi connectivity index (χ0n) is 13.4. The minimum atomic E-state index is 0.158. The van der Waals surface area contributed by atoms with Gasteiger partial charge in [0.15, 0.2) is 0 Å². The first-order chi connectivity index (χ1) is 9.96. The Balaban J connectivity index is 1.63. The molecule has 2 rings (SSSR count). The second-order valence-electron chi connectivity index (χ2n) is 6.89. The largest absolute Gasteiger partial charge is 0.493 e. The predicted molar refractivity (Wildman–Crippen MR) is 85.5 cm³/mol. The Morgan fingerprint density at radius 1 is 1.38 bits per heavy atom. The van der Waals surface area contributed by atoms with E-state index < -0.39 is 0 Å². The van der Waals surface area contributed by atoms with Crippen LogP contribution in [0.1, 0.15) is 51.5 Å². The van der Waals surface area contributed by atoms with Crippen molar-refractivity contribution in [2.24, 2.45) is 5.41 Å². The lowest BCUT2D eigenvalue weighted by atomic mass is 9.92. The van der Waals surface area contributed by atoms with Gasteiger partial charge in [0.1, 0.15) is 5.75 Å². The molecule has 1 aliphatic carbocycles. The van der Waals surface area contributed by atoms with Crippen LogP contribution in [0.2, 0.25) is 0 Å².